The van der Waals surface area contributed by atoms with Gasteiger partial charge < -0.3 is 19.8 Å². The van der Waals surface area contributed by atoms with Gasteiger partial charge in [-0.2, -0.15) is 0 Å². The Hall–Kier alpha value is -3.35. The molecular formula is C24H31N5O2. The minimum atomic E-state index is -0.0620. The lowest BCUT2D eigenvalue weighted by Gasteiger charge is -2.13. The molecule has 7 nitrogen and oxygen atoms in total. The zero-order chi connectivity index (χ0) is 22.1. The van der Waals surface area contributed by atoms with Gasteiger partial charge in [0, 0.05) is 18.2 Å². The Morgan fingerprint density at radius 3 is 2.68 bits per heavy atom. The zero-order valence-corrected chi connectivity index (χ0v) is 18.7. The Balaban J connectivity index is 1.57. The van der Waals surface area contributed by atoms with Crippen LogP contribution >= 0.6 is 0 Å². The number of benzene rings is 1. The summed E-state index contributed by atoms with van der Waals surface area (Å²) in [4.78, 5) is 13.3. The van der Waals surface area contributed by atoms with Crippen LogP contribution < -0.4 is 15.4 Å². The van der Waals surface area contributed by atoms with Crippen molar-refractivity contribution in [1.82, 2.24) is 20.6 Å². The van der Waals surface area contributed by atoms with Crippen LogP contribution in [0.3, 0.4) is 0 Å². The Morgan fingerprint density at radius 1 is 1.10 bits per heavy atom. The fraction of sp³-hybridized carbons (Fsp3) is 0.375. The van der Waals surface area contributed by atoms with Crippen molar-refractivity contribution in [2.45, 2.75) is 52.8 Å². The molecule has 2 heterocycles. The third-order valence-electron chi connectivity index (χ3n) is 4.48. The van der Waals surface area contributed by atoms with Gasteiger partial charge in [0.05, 0.1) is 25.0 Å². The van der Waals surface area contributed by atoms with E-state index < -0.39 is 0 Å². The summed E-state index contributed by atoms with van der Waals surface area (Å²) in [5.74, 6) is 3.01. The predicted molar refractivity (Wildman–Crippen MR) is 122 cm³/mol. The van der Waals surface area contributed by atoms with E-state index in [0.717, 1.165) is 29.3 Å². The number of pyridine rings is 1. The predicted octanol–water partition coefficient (Wildman–Crippen LogP) is 4.20. The summed E-state index contributed by atoms with van der Waals surface area (Å²) >= 11 is 0. The average molecular weight is 422 g/mol. The number of oxazole rings is 1. The van der Waals surface area contributed by atoms with E-state index in [9.17, 15) is 0 Å². The van der Waals surface area contributed by atoms with Crippen LogP contribution in [0.1, 0.15) is 50.6 Å². The highest BCUT2D eigenvalue weighted by Gasteiger charge is 2.19. The first-order chi connectivity index (χ1) is 14.9. The second kappa shape index (κ2) is 10.6. The lowest BCUT2D eigenvalue weighted by molar-refractivity contribution is 0.301. The SMILES string of the molecule is CCNC(=NCc1cccc(OCc2ccccn2)c1)NCc1ncc(C(C)(C)C)o1. The molecule has 3 aromatic rings. The Bertz CT molecular complexity index is 977. The first kappa shape index (κ1) is 22.3. The summed E-state index contributed by atoms with van der Waals surface area (Å²) in [5, 5.41) is 6.53. The fourth-order valence-corrected chi connectivity index (χ4v) is 2.78. The van der Waals surface area contributed by atoms with Gasteiger partial charge in [-0.15, -0.1) is 0 Å². The van der Waals surface area contributed by atoms with E-state index in [1.165, 1.54) is 0 Å². The maximum absolute atomic E-state index is 5.86. The number of ether oxygens (including phenoxy) is 1. The molecule has 0 atom stereocenters. The van der Waals surface area contributed by atoms with E-state index in [0.29, 0.717) is 31.5 Å². The van der Waals surface area contributed by atoms with Gasteiger partial charge in [0.25, 0.3) is 0 Å². The molecule has 3 rings (SSSR count). The van der Waals surface area contributed by atoms with Crippen molar-refractivity contribution < 1.29 is 9.15 Å². The van der Waals surface area contributed by atoms with Crippen LogP contribution in [0.25, 0.3) is 0 Å². The monoisotopic (exact) mass is 421 g/mol. The lowest BCUT2D eigenvalue weighted by Crippen LogP contribution is -2.36. The van der Waals surface area contributed by atoms with Gasteiger partial charge in [0.15, 0.2) is 5.96 Å². The molecule has 0 amide bonds. The molecular weight excluding hydrogens is 390 g/mol. The molecule has 164 valence electrons. The number of aliphatic imine (C=N–C) groups is 1. The minimum absolute atomic E-state index is 0.0620. The molecule has 0 fully saturated rings. The third kappa shape index (κ3) is 7.13. The van der Waals surface area contributed by atoms with Gasteiger partial charge in [-0.3, -0.25) is 4.98 Å². The van der Waals surface area contributed by atoms with Crippen LogP contribution in [0.15, 0.2) is 64.3 Å². The number of hydrogen-bond acceptors (Lipinski definition) is 5. The maximum atomic E-state index is 5.86. The van der Waals surface area contributed by atoms with Crippen LogP contribution in [0, 0.1) is 0 Å². The van der Waals surface area contributed by atoms with E-state index >= 15 is 0 Å². The molecule has 0 aliphatic rings. The van der Waals surface area contributed by atoms with E-state index in [4.69, 9.17) is 9.15 Å². The van der Waals surface area contributed by atoms with Gasteiger partial charge in [-0.25, -0.2) is 9.98 Å². The molecule has 31 heavy (non-hydrogen) atoms. The lowest BCUT2D eigenvalue weighted by atomic mass is 9.94. The number of nitrogens with zero attached hydrogens (tertiary/aromatic N) is 3. The average Bonchev–Trinajstić information content (AvgIpc) is 3.25. The van der Waals surface area contributed by atoms with Crippen LogP contribution in [0.2, 0.25) is 0 Å². The summed E-state index contributed by atoms with van der Waals surface area (Å²) in [7, 11) is 0. The second-order valence-electron chi connectivity index (χ2n) is 8.17. The number of hydrogen-bond donors (Lipinski definition) is 2. The van der Waals surface area contributed by atoms with Crippen molar-refractivity contribution in [2.75, 3.05) is 6.54 Å². The van der Waals surface area contributed by atoms with Crippen molar-refractivity contribution in [2.24, 2.45) is 4.99 Å². The molecule has 0 unspecified atom stereocenters. The molecule has 2 N–H and O–H groups in total. The largest absolute Gasteiger partial charge is 0.487 e. The quantitative estimate of drug-likeness (QED) is 0.419. The van der Waals surface area contributed by atoms with E-state index in [1.54, 1.807) is 12.4 Å². The first-order valence-corrected chi connectivity index (χ1v) is 10.5. The number of guanidine groups is 1. The second-order valence-corrected chi connectivity index (χ2v) is 8.17. The third-order valence-corrected chi connectivity index (χ3v) is 4.48. The van der Waals surface area contributed by atoms with Crippen molar-refractivity contribution in [1.29, 1.82) is 0 Å². The summed E-state index contributed by atoms with van der Waals surface area (Å²) in [6.45, 7) is 10.5. The summed E-state index contributed by atoms with van der Waals surface area (Å²) in [5.41, 5.74) is 1.89. The zero-order valence-electron chi connectivity index (χ0n) is 18.7. The number of nitrogens with one attached hydrogen (secondary N) is 2. The summed E-state index contributed by atoms with van der Waals surface area (Å²) < 4.78 is 11.7. The van der Waals surface area contributed by atoms with Crippen molar-refractivity contribution >= 4 is 5.96 Å². The van der Waals surface area contributed by atoms with Gasteiger partial charge in [0.1, 0.15) is 18.1 Å². The molecule has 0 spiro atoms. The Kier molecular flexibility index (Phi) is 7.65. The fourth-order valence-electron chi connectivity index (χ4n) is 2.78. The van der Waals surface area contributed by atoms with Crippen LogP contribution in [-0.2, 0) is 25.1 Å². The molecule has 0 bridgehead atoms. The molecule has 2 aromatic heterocycles. The van der Waals surface area contributed by atoms with E-state index in [2.05, 4.69) is 46.4 Å². The molecule has 0 saturated carbocycles. The van der Waals surface area contributed by atoms with Gasteiger partial charge in [-0.05, 0) is 36.8 Å². The standard InChI is InChI=1S/C24H31N5O2/c1-5-25-23(29-16-22-27-15-21(31-22)24(2,3)4)28-14-18-9-8-11-20(13-18)30-17-19-10-6-7-12-26-19/h6-13,15H,5,14,16-17H2,1-4H3,(H2,25,28,29). The molecule has 0 aliphatic carbocycles. The molecule has 0 radical (unpaired) electrons. The number of rotatable bonds is 8. The highest BCUT2D eigenvalue weighted by molar-refractivity contribution is 5.79. The van der Waals surface area contributed by atoms with Gasteiger partial charge in [-0.1, -0.05) is 39.0 Å². The Labute approximate surface area is 184 Å². The highest BCUT2D eigenvalue weighted by atomic mass is 16.5. The minimum Gasteiger partial charge on any atom is -0.487 e. The van der Waals surface area contributed by atoms with Crippen LogP contribution in [0.5, 0.6) is 5.75 Å². The summed E-state index contributed by atoms with van der Waals surface area (Å²) in [6.07, 6.45) is 3.55. The molecule has 1 aromatic carbocycles. The highest BCUT2D eigenvalue weighted by Crippen LogP contribution is 2.22. The Morgan fingerprint density at radius 2 is 1.97 bits per heavy atom. The van der Waals surface area contributed by atoms with Gasteiger partial charge >= 0.3 is 0 Å². The van der Waals surface area contributed by atoms with Crippen LogP contribution in [-0.4, -0.2) is 22.5 Å². The molecule has 0 saturated heterocycles. The normalized spacial score (nSPS) is 11.9. The van der Waals surface area contributed by atoms with Crippen molar-refractivity contribution in [3.05, 3.63) is 77.8 Å². The van der Waals surface area contributed by atoms with Crippen molar-refractivity contribution in [3.63, 3.8) is 0 Å². The molecule has 7 heteroatoms. The van der Waals surface area contributed by atoms with Crippen molar-refractivity contribution in [3.8, 4) is 5.75 Å². The first-order valence-electron chi connectivity index (χ1n) is 10.5. The van der Waals surface area contributed by atoms with E-state index in [1.807, 2.05) is 49.4 Å². The van der Waals surface area contributed by atoms with E-state index in [-0.39, 0.29) is 5.41 Å². The van der Waals surface area contributed by atoms with Crippen LogP contribution in [0.4, 0.5) is 0 Å². The molecule has 0 aliphatic heterocycles. The topological polar surface area (TPSA) is 84.6 Å². The summed E-state index contributed by atoms with van der Waals surface area (Å²) in [6, 6.07) is 13.7. The van der Waals surface area contributed by atoms with Gasteiger partial charge in [0.2, 0.25) is 5.89 Å². The number of aromatic nitrogens is 2. The smallest absolute Gasteiger partial charge is 0.213 e. The maximum Gasteiger partial charge on any atom is 0.213 e.